The highest BCUT2D eigenvalue weighted by Gasteiger charge is 2.23. The van der Waals surface area contributed by atoms with Crippen LogP contribution in [0.15, 0.2) is 56.8 Å². The molecule has 1 atom stereocenters. The van der Waals surface area contributed by atoms with Gasteiger partial charge in [-0.3, -0.25) is 4.57 Å². The molecule has 0 amide bonds. The summed E-state index contributed by atoms with van der Waals surface area (Å²) < 4.78 is 12.8. The zero-order valence-corrected chi connectivity index (χ0v) is 15.4. The Kier molecular flexibility index (Phi) is 4.34. The average molecular weight is 367 g/mol. The van der Waals surface area contributed by atoms with Gasteiger partial charge in [0.25, 0.3) is 0 Å². The number of hydrogen-bond acceptors (Lipinski definition) is 7. The zero-order chi connectivity index (χ0) is 18.1. The van der Waals surface area contributed by atoms with Crippen molar-refractivity contribution in [1.29, 1.82) is 0 Å². The highest BCUT2D eigenvalue weighted by atomic mass is 32.2. The molecule has 0 aliphatic carbocycles. The van der Waals surface area contributed by atoms with E-state index >= 15 is 0 Å². The van der Waals surface area contributed by atoms with Gasteiger partial charge in [-0.05, 0) is 39.0 Å². The fourth-order valence-electron chi connectivity index (χ4n) is 2.63. The second kappa shape index (κ2) is 6.80. The highest BCUT2D eigenvalue weighted by Crippen LogP contribution is 2.36. The summed E-state index contributed by atoms with van der Waals surface area (Å²) >= 11 is 1.52. The largest absolute Gasteiger partial charge is 0.469 e. The molecule has 0 aliphatic heterocycles. The summed E-state index contributed by atoms with van der Waals surface area (Å²) in [6.07, 6.45) is 1.66. The Morgan fingerprint density at radius 2 is 1.88 bits per heavy atom. The molecule has 3 aromatic heterocycles. The Hall–Kier alpha value is -2.87. The molecule has 0 N–H and O–H groups in total. The van der Waals surface area contributed by atoms with E-state index in [1.165, 1.54) is 11.8 Å². The Morgan fingerprint density at radius 3 is 2.54 bits per heavy atom. The maximum atomic E-state index is 5.45. The number of thioether (sulfide) groups is 1. The lowest BCUT2D eigenvalue weighted by molar-refractivity contribution is 0.376. The average Bonchev–Trinajstić information content (AvgIpc) is 3.35. The molecule has 3 heterocycles. The third kappa shape index (κ3) is 3.03. The topological polar surface area (TPSA) is 82.8 Å². The van der Waals surface area contributed by atoms with Gasteiger partial charge in [-0.25, -0.2) is 0 Å². The first-order valence-electron chi connectivity index (χ1n) is 8.15. The van der Waals surface area contributed by atoms with Crippen LogP contribution in [0.2, 0.25) is 0 Å². The third-order valence-corrected chi connectivity index (χ3v) is 4.95. The van der Waals surface area contributed by atoms with Gasteiger partial charge in [0.1, 0.15) is 5.76 Å². The second-order valence-corrected chi connectivity index (χ2v) is 7.12. The van der Waals surface area contributed by atoms with Crippen molar-refractivity contribution in [3.8, 4) is 17.1 Å². The van der Waals surface area contributed by atoms with Crippen molar-refractivity contribution in [3.05, 3.63) is 60.1 Å². The van der Waals surface area contributed by atoms with Gasteiger partial charge in [0.05, 0.1) is 17.1 Å². The van der Waals surface area contributed by atoms with Gasteiger partial charge in [-0.1, -0.05) is 35.1 Å². The normalized spacial score (nSPS) is 12.4. The van der Waals surface area contributed by atoms with Gasteiger partial charge in [-0.15, -0.1) is 10.2 Å². The summed E-state index contributed by atoms with van der Waals surface area (Å²) in [5.74, 6) is 2.72. The fraction of sp³-hybridized carbons (Fsp3) is 0.222. The van der Waals surface area contributed by atoms with Crippen molar-refractivity contribution >= 4 is 11.8 Å². The lowest BCUT2D eigenvalue weighted by Gasteiger charge is -2.11. The molecule has 26 heavy (non-hydrogen) atoms. The van der Waals surface area contributed by atoms with Crippen LogP contribution in [0.3, 0.4) is 0 Å². The lowest BCUT2D eigenvalue weighted by atomic mass is 10.2. The Morgan fingerprint density at radius 1 is 1.08 bits per heavy atom. The molecule has 1 aromatic carbocycles. The minimum atomic E-state index is -0.0545. The van der Waals surface area contributed by atoms with Crippen molar-refractivity contribution in [3.63, 3.8) is 0 Å². The molecule has 8 heteroatoms. The standard InChI is InChI=1S/C18H17N5O2S/c1-11-15(9-10-24-11)16-20-21-18(23(16)14-7-5-4-6-8-14)26-12(2)17-19-13(3)22-25-17/h4-10,12H,1-3H3. The number of aryl methyl sites for hydroxylation is 2. The predicted octanol–water partition coefficient (Wildman–Crippen LogP) is 4.38. The molecule has 0 saturated carbocycles. The molecule has 0 saturated heterocycles. The van der Waals surface area contributed by atoms with E-state index in [9.17, 15) is 0 Å². The molecular weight excluding hydrogens is 350 g/mol. The van der Waals surface area contributed by atoms with Gasteiger partial charge in [0.15, 0.2) is 16.8 Å². The van der Waals surface area contributed by atoms with E-state index in [4.69, 9.17) is 8.94 Å². The van der Waals surface area contributed by atoms with E-state index in [1.807, 2.05) is 54.8 Å². The molecule has 1 unspecified atom stereocenters. The molecule has 132 valence electrons. The van der Waals surface area contributed by atoms with Crippen molar-refractivity contribution in [2.45, 2.75) is 31.2 Å². The van der Waals surface area contributed by atoms with Crippen LogP contribution in [0.5, 0.6) is 0 Å². The summed E-state index contributed by atoms with van der Waals surface area (Å²) in [5, 5.41) is 13.4. The Labute approximate surface area is 154 Å². The minimum Gasteiger partial charge on any atom is -0.469 e. The van der Waals surface area contributed by atoms with E-state index in [2.05, 4.69) is 20.3 Å². The van der Waals surface area contributed by atoms with E-state index in [1.54, 1.807) is 13.2 Å². The molecule has 0 bridgehead atoms. The monoisotopic (exact) mass is 367 g/mol. The van der Waals surface area contributed by atoms with Crippen LogP contribution in [-0.2, 0) is 0 Å². The summed E-state index contributed by atoms with van der Waals surface area (Å²) in [5.41, 5.74) is 1.89. The smallest absolute Gasteiger partial charge is 0.239 e. The predicted molar refractivity (Wildman–Crippen MR) is 97.1 cm³/mol. The molecule has 0 radical (unpaired) electrons. The molecule has 0 fully saturated rings. The van der Waals surface area contributed by atoms with Crippen LogP contribution < -0.4 is 0 Å². The fourth-order valence-corrected chi connectivity index (χ4v) is 3.53. The van der Waals surface area contributed by atoms with Crippen molar-refractivity contribution in [2.24, 2.45) is 0 Å². The first-order chi connectivity index (χ1) is 12.6. The van der Waals surface area contributed by atoms with Crippen molar-refractivity contribution in [1.82, 2.24) is 24.9 Å². The second-order valence-electron chi connectivity index (χ2n) is 5.81. The number of hydrogen-bond donors (Lipinski definition) is 0. The zero-order valence-electron chi connectivity index (χ0n) is 14.6. The lowest BCUT2D eigenvalue weighted by Crippen LogP contribution is -2.01. The molecule has 7 nitrogen and oxygen atoms in total. The molecule has 0 spiro atoms. The van der Waals surface area contributed by atoms with Gasteiger partial charge < -0.3 is 8.94 Å². The van der Waals surface area contributed by atoms with Crippen molar-refractivity contribution in [2.75, 3.05) is 0 Å². The summed E-state index contributed by atoms with van der Waals surface area (Å²) in [6, 6.07) is 11.9. The first kappa shape index (κ1) is 16.6. The number of furan rings is 1. The van der Waals surface area contributed by atoms with Crippen LogP contribution in [0.1, 0.15) is 29.6 Å². The molecule has 4 aromatic rings. The van der Waals surface area contributed by atoms with E-state index in [0.29, 0.717) is 11.7 Å². The summed E-state index contributed by atoms with van der Waals surface area (Å²) in [7, 11) is 0. The van der Waals surface area contributed by atoms with Gasteiger partial charge in [0, 0.05) is 5.69 Å². The number of para-hydroxylation sites is 1. The highest BCUT2D eigenvalue weighted by molar-refractivity contribution is 7.99. The minimum absolute atomic E-state index is 0.0545. The Balaban J connectivity index is 1.78. The SMILES string of the molecule is Cc1noc(C(C)Sc2nnc(-c3ccoc3C)n2-c2ccccc2)n1. The number of aromatic nitrogens is 5. The van der Waals surface area contributed by atoms with Gasteiger partial charge >= 0.3 is 0 Å². The van der Waals surface area contributed by atoms with Crippen molar-refractivity contribution < 1.29 is 8.94 Å². The van der Waals surface area contributed by atoms with Gasteiger partial charge in [-0.2, -0.15) is 4.98 Å². The van der Waals surface area contributed by atoms with Crippen LogP contribution in [-0.4, -0.2) is 24.9 Å². The van der Waals surface area contributed by atoms with Crippen LogP contribution >= 0.6 is 11.8 Å². The van der Waals surface area contributed by atoms with E-state index in [0.717, 1.165) is 28.0 Å². The van der Waals surface area contributed by atoms with E-state index in [-0.39, 0.29) is 5.25 Å². The van der Waals surface area contributed by atoms with E-state index < -0.39 is 0 Å². The molecular formula is C18H17N5O2S. The number of nitrogens with zero attached hydrogens (tertiary/aromatic N) is 5. The maximum Gasteiger partial charge on any atom is 0.239 e. The van der Waals surface area contributed by atoms with Crippen LogP contribution in [0, 0.1) is 13.8 Å². The number of rotatable bonds is 5. The van der Waals surface area contributed by atoms with Crippen LogP contribution in [0.4, 0.5) is 0 Å². The Bertz CT molecular complexity index is 1020. The molecule has 4 rings (SSSR count). The maximum absolute atomic E-state index is 5.45. The van der Waals surface area contributed by atoms with Gasteiger partial charge in [0.2, 0.25) is 5.89 Å². The number of benzene rings is 1. The van der Waals surface area contributed by atoms with Crippen LogP contribution in [0.25, 0.3) is 17.1 Å². The third-order valence-electron chi connectivity index (χ3n) is 3.92. The first-order valence-corrected chi connectivity index (χ1v) is 9.03. The summed E-state index contributed by atoms with van der Waals surface area (Å²) in [6.45, 7) is 5.72. The quantitative estimate of drug-likeness (QED) is 0.484. The molecule has 0 aliphatic rings. The summed E-state index contributed by atoms with van der Waals surface area (Å²) in [4.78, 5) is 4.31.